The summed E-state index contributed by atoms with van der Waals surface area (Å²) in [4.78, 5) is 11.4. The summed E-state index contributed by atoms with van der Waals surface area (Å²) < 4.78 is 63.7. The van der Waals surface area contributed by atoms with Crippen molar-refractivity contribution in [2.45, 2.75) is 38.1 Å². The van der Waals surface area contributed by atoms with Gasteiger partial charge in [0.25, 0.3) is 0 Å². The minimum absolute atomic E-state index is 0.0996. The smallest absolute Gasteiger partial charge is 0.380 e. The number of halogens is 3. The second kappa shape index (κ2) is 4.61. The fourth-order valence-electron chi connectivity index (χ4n) is 2.46. The molecule has 0 saturated carbocycles. The molecule has 1 atom stereocenters. The predicted octanol–water partition coefficient (Wildman–Crippen LogP) is 2.83. The first kappa shape index (κ1) is 15.1. The van der Waals surface area contributed by atoms with Gasteiger partial charge in [0.2, 0.25) is 0 Å². The Labute approximate surface area is 114 Å². The second-order valence-electron chi connectivity index (χ2n) is 5.06. The van der Waals surface area contributed by atoms with Gasteiger partial charge < -0.3 is 4.18 Å². The van der Waals surface area contributed by atoms with Gasteiger partial charge in [0.05, 0.1) is 0 Å². The average molecular weight is 310 g/mol. The van der Waals surface area contributed by atoms with Gasteiger partial charge in [0.15, 0.2) is 5.78 Å². The van der Waals surface area contributed by atoms with Crippen LogP contribution < -0.4 is 0 Å². The van der Waals surface area contributed by atoms with Crippen LogP contribution in [0, 0.1) is 5.41 Å². The molecule has 8 heteroatoms. The SMILES string of the molecule is CC12CCC(=O)C=C1CCC=C2OS(=O)(=O)C(F)(F)F. The predicted molar refractivity (Wildman–Crippen MR) is 63.8 cm³/mol. The van der Waals surface area contributed by atoms with Crippen LogP contribution in [-0.4, -0.2) is 19.7 Å². The van der Waals surface area contributed by atoms with E-state index in [1.165, 1.54) is 12.2 Å². The zero-order chi connectivity index (χ0) is 15.2. The molecule has 0 heterocycles. The number of hydrogen-bond acceptors (Lipinski definition) is 4. The Morgan fingerprint density at radius 1 is 1.30 bits per heavy atom. The normalized spacial score (nSPS) is 27.5. The van der Waals surface area contributed by atoms with E-state index in [0.717, 1.165) is 0 Å². The number of carbonyl (C=O) groups excluding carboxylic acids is 1. The lowest BCUT2D eigenvalue weighted by Gasteiger charge is -2.38. The van der Waals surface area contributed by atoms with Crippen molar-refractivity contribution in [3.05, 3.63) is 23.5 Å². The molecule has 0 radical (unpaired) electrons. The molecule has 0 spiro atoms. The highest BCUT2D eigenvalue weighted by Gasteiger charge is 2.51. The monoisotopic (exact) mass is 310 g/mol. The molecular formula is C12H13F3O4S. The van der Waals surface area contributed by atoms with E-state index in [1.54, 1.807) is 6.92 Å². The highest BCUT2D eigenvalue weighted by Crippen LogP contribution is 2.49. The third kappa shape index (κ3) is 2.48. The van der Waals surface area contributed by atoms with Crippen LogP contribution in [0.3, 0.4) is 0 Å². The van der Waals surface area contributed by atoms with E-state index in [9.17, 15) is 26.4 Å². The summed E-state index contributed by atoms with van der Waals surface area (Å²) in [6, 6.07) is 0. The van der Waals surface area contributed by atoms with Crippen LogP contribution in [0.4, 0.5) is 13.2 Å². The van der Waals surface area contributed by atoms with Crippen molar-refractivity contribution < 1.29 is 30.6 Å². The highest BCUT2D eigenvalue weighted by atomic mass is 32.2. The second-order valence-corrected chi connectivity index (χ2v) is 6.60. The maximum Gasteiger partial charge on any atom is 0.534 e. The van der Waals surface area contributed by atoms with Gasteiger partial charge in [0, 0.05) is 11.8 Å². The molecule has 0 fully saturated rings. The van der Waals surface area contributed by atoms with E-state index in [0.29, 0.717) is 18.4 Å². The molecule has 0 aromatic heterocycles. The lowest BCUT2D eigenvalue weighted by Crippen LogP contribution is -2.34. The topological polar surface area (TPSA) is 60.4 Å². The average Bonchev–Trinajstić information content (AvgIpc) is 2.30. The molecule has 1 unspecified atom stereocenters. The Balaban J connectivity index is 2.36. The fraction of sp³-hybridized carbons (Fsp3) is 0.583. The van der Waals surface area contributed by atoms with Crippen molar-refractivity contribution in [3.63, 3.8) is 0 Å². The summed E-state index contributed by atoms with van der Waals surface area (Å²) in [5, 5.41) is 0. The quantitative estimate of drug-likeness (QED) is 0.581. The summed E-state index contributed by atoms with van der Waals surface area (Å²) in [5.41, 5.74) is -5.79. The maximum atomic E-state index is 12.4. The number of alkyl halides is 3. The standard InChI is InChI=1S/C12H13F3O4S/c1-11-6-5-9(16)7-8(11)3-2-4-10(11)19-20(17,18)12(13,14)15/h4,7H,2-3,5-6H2,1H3. The Morgan fingerprint density at radius 2 is 1.95 bits per heavy atom. The molecule has 112 valence electrons. The Hall–Kier alpha value is -1.31. The molecule has 0 aromatic carbocycles. The Morgan fingerprint density at radius 3 is 2.55 bits per heavy atom. The largest absolute Gasteiger partial charge is 0.534 e. The lowest BCUT2D eigenvalue weighted by molar-refractivity contribution is -0.115. The van der Waals surface area contributed by atoms with Gasteiger partial charge in [-0.15, -0.1) is 0 Å². The van der Waals surface area contributed by atoms with Crippen molar-refractivity contribution >= 4 is 15.9 Å². The van der Waals surface area contributed by atoms with E-state index in [4.69, 9.17) is 0 Å². The molecule has 0 saturated heterocycles. The number of rotatable bonds is 2. The van der Waals surface area contributed by atoms with E-state index in [2.05, 4.69) is 4.18 Å². The molecule has 0 aliphatic heterocycles. The van der Waals surface area contributed by atoms with Crippen molar-refractivity contribution in [2.75, 3.05) is 0 Å². The fourth-order valence-corrected chi connectivity index (χ4v) is 3.05. The van der Waals surface area contributed by atoms with Crippen LogP contribution in [0.2, 0.25) is 0 Å². The molecule has 2 aliphatic rings. The first-order valence-electron chi connectivity index (χ1n) is 6.01. The van der Waals surface area contributed by atoms with Crippen molar-refractivity contribution in [3.8, 4) is 0 Å². The van der Waals surface area contributed by atoms with Crippen molar-refractivity contribution in [1.82, 2.24) is 0 Å². The van der Waals surface area contributed by atoms with Crippen LogP contribution in [0.15, 0.2) is 23.5 Å². The first-order valence-corrected chi connectivity index (χ1v) is 7.42. The van der Waals surface area contributed by atoms with E-state index in [-0.39, 0.29) is 24.4 Å². The Kier molecular flexibility index (Phi) is 3.48. The third-order valence-corrected chi connectivity index (χ3v) is 4.65. The van der Waals surface area contributed by atoms with Crippen molar-refractivity contribution in [1.29, 1.82) is 0 Å². The summed E-state index contributed by atoms with van der Waals surface area (Å²) in [5.74, 6) is -0.336. The molecule has 0 bridgehead atoms. The third-order valence-electron chi connectivity index (χ3n) is 3.69. The van der Waals surface area contributed by atoms with Gasteiger partial charge in [-0.25, -0.2) is 0 Å². The van der Waals surface area contributed by atoms with E-state index >= 15 is 0 Å². The molecule has 0 aromatic rings. The Bertz CT molecular complexity index is 601. The van der Waals surface area contributed by atoms with Gasteiger partial charge in [-0.3, -0.25) is 4.79 Å². The van der Waals surface area contributed by atoms with Crippen LogP contribution in [-0.2, 0) is 19.1 Å². The first-order chi connectivity index (χ1) is 9.06. The van der Waals surface area contributed by atoms with E-state index in [1.807, 2.05) is 0 Å². The lowest BCUT2D eigenvalue weighted by atomic mass is 9.68. The number of allylic oxidation sites excluding steroid dienone is 3. The van der Waals surface area contributed by atoms with Crippen LogP contribution in [0.5, 0.6) is 0 Å². The molecule has 0 N–H and O–H groups in total. The van der Waals surface area contributed by atoms with Crippen LogP contribution in [0.1, 0.15) is 32.6 Å². The molecule has 4 nitrogen and oxygen atoms in total. The number of hydrogen-bond donors (Lipinski definition) is 0. The highest BCUT2D eigenvalue weighted by molar-refractivity contribution is 7.87. The summed E-state index contributed by atoms with van der Waals surface area (Å²) in [6.07, 6.45) is 4.01. The minimum Gasteiger partial charge on any atom is -0.380 e. The maximum absolute atomic E-state index is 12.4. The van der Waals surface area contributed by atoms with Gasteiger partial charge in [-0.05, 0) is 38.3 Å². The molecular weight excluding hydrogens is 297 g/mol. The van der Waals surface area contributed by atoms with Gasteiger partial charge in [-0.1, -0.05) is 5.57 Å². The summed E-state index contributed by atoms with van der Waals surface area (Å²) in [6.45, 7) is 1.60. The number of fused-ring (bicyclic) bond motifs is 1. The molecule has 2 aliphatic carbocycles. The molecule has 20 heavy (non-hydrogen) atoms. The molecule has 0 amide bonds. The van der Waals surface area contributed by atoms with Crippen LogP contribution in [0.25, 0.3) is 0 Å². The minimum atomic E-state index is -5.68. The number of ketones is 1. The summed E-state index contributed by atoms with van der Waals surface area (Å²) in [7, 11) is -5.68. The zero-order valence-electron chi connectivity index (χ0n) is 10.7. The number of carbonyl (C=O) groups is 1. The van der Waals surface area contributed by atoms with E-state index < -0.39 is 21.0 Å². The van der Waals surface area contributed by atoms with Crippen molar-refractivity contribution in [2.24, 2.45) is 5.41 Å². The summed E-state index contributed by atoms with van der Waals surface area (Å²) >= 11 is 0. The molecule has 2 rings (SSSR count). The van der Waals surface area contributed by atoms with Gasteiger partial charge in [0.1, 0.15) is 5.76 Å². The zero-order valence-corrected chi connectivity index (χ0v) is 11.5. The van der Waals surface area contributed by atoms with Gasteiger partial charge >= 0.3 is 15.6 Å². The van der Waals surface area contributed by atoms with Crippen LogP contribution >= 0.6 is 0 Å². The van der Waals surface area contributed by atoms with Gasteiger partial charge in [-0.2, -0.15) is 21.6 Å².